The Kier molecular flexibility index (Phi) is 40.5. The predicted octanol–water partition coefficient (Wildman–Crippen LogP) is 13.8. The van der Waals surface area contributed by atoms with Crippen molar-refractivity contribution in [3.8, 4) is 0 Å². The number of aliphatic hydroxyl groups excluding tert-OH is 1. The zero-order valence-electron chi connectivity index (χ0n) is 32.1. The third-order valence-electron chi connectivity index (χ3n) is 9.59. The van der Waals surface area contributed by atoms with Gasteiger partial charge in [-0.2, -0.15) is 0 Å². The summed E-state index contributed by atoms with van der Waals surface area (Å²) in [5, 5.41) is 9.58. The van der Waals surface area contributed by atoms with Crippen molar-refractivity contribution in [3.63, 3.8) is 0 Å². The summed E-state index contributed by atoms with van der Waals surface area (Å²) < 4.78 is 11.1. The number of carbonyl (C=O) groups is 1. The van der Waals surface area contributed by atoms with Crippen molar-refractivity contribution in [2.24, 2.45) is 0 Å². The van der Waals surface area contributed by atoms with E-state index in [2.05, 4.69) is 26.0 Å². The van der Waals surface area contributed by atoms with Crippen molar-refractivity contribution in [2.45, 2.75) is 238 Å². The van der Waals surface area contributed by atoms with E-state index in [0.717, 1.165) is 19.3 Å². The molecule has 4 nitrogen and oxygen atoms in total. The predicted molar refractivity (Wildman–Crippen MR) is 205 cm³/mol. The van der Waals surface area contributed by atoms with Crippen LogP contribution in [-0.4, -0.2) is 37.0 Å². The van der Waals surface area contributed by atoms with Crippen LogP contribution in [0.2, 0.25) is 0 Å². The highest BCUT2D eigenvalue weighted by Crippen LogP contribution is 2.15. The maximum Gasteiger partial charge on any atom is 0.306 e. The zero-order valence-corrected chi connectivity index (χ0v) is 32.1. The maximum absolute atomic E-state index is 12.2. The van der Waals surface area contributed by atoms with Gasteiger partial charge in [0.1, 0.15) is 6.10 Å². The van der Waals surface area contributed by atoms with Crippen LogP contribution in [0.25, 0.3) is 0 Å². The van der Waals surface area contributed by atoms with E-state index >= 15 is 0 Å². The van der Waals surface area contributed by atoms with Crippen molar-refractivity contribution in [3.05, 3.63) is 12.2 Å². The second kappa shape index (κ2) is 41.3. The fourth-order valence-electron chi connectivity index (χ4n) is 6.38. The van der Waals surface area contributed by atoms with Crippen molar-refractivity contribution in [1.82, 2.24) is 0 Å². The van der Waals surface area contributed by atoms with Crippen LogP contribution in [0.4, 0.5) is 0 Å². The monoisotopic (exact) mass is 665 g/mol. The lowest BCUT2D eigenvalue weighted by Crippen LogP contribution is -2.27. The Morgan fingerprint density at radius 2 is 0.830 bits per heavy atom. The van der Waals surface area contributed by atoms with Gasteiger partial charge in [-0.1, -0.05) is 199 Å². The molecule has 0 bridgehead atoms. The number of hydrogen-bond acceptors (Lipinski definition) is 4. The van der Waals surface area contributed by atoms with Gasteiger partial charge in [0.15, 0.2) is 0 Å². The molecule has 0 rings (SSSR count). The standard InChI is InChI=1S/C43H84O4/c1-3-5-7-9-11-13-15-17-18-19-20-21-22-23-24-25-26-27-28-30-32-34-36-38-43(45)47-42(40-44)41-46-39-37-35-33-31-29-16-14-12-10-8-6-4-2/h19-20,42,44H,3-18,21-41H2,1-2H3/b20-19-. The molecule has 1 unspecified atom stereocenters. The number of esters is 1. The summed E-state index contributed by atoms with van der Waals surface area (Å²) in [5.74, 6) is -0.197. The Morgan fingerprint density at radius 1 is 0.489 bits per heavy atom. The molecule has 1 N–H and O–H groups in total. The minimum atomic E-state index is -0.527. The van der Waals surface area contributed by atoms with Crippen LogP contribution >= 0.6 is 0 Å². The summed E-state index contributed by atoms with van der Waals surface area (Å²) in [5.41, 5.74) is 0. The van der Waals surface area contributed by atoms with E-state index in [1.807, 2.05) is 0 Å². The molecular formula is C43H84O4. The van der Waals surface area contributed by atoms with Gasteiger partial charge in [-0.15, -0.1) is 0 Å². The quantitative estimate of drug-likeness (QED) is 0.0402. The molecule has 0 aliphatic heterocycles. The van der Waals surface area contributed by atoms with E-state index < -0.39 is 6.10 Å². The molecule has 0 aromatic rings. The van der Waals surface area contributed by atoms with E-state index in [9.17, 15) is 9.90 Å². The number of hydrogen-bond donors (Lipinski definition) is 1. The van der Waals surface area contributed by atoms with Gasteiger partial charge in [-0.25, -0.2) is 0 Å². The minimum Gasteiger partial charge on any atom is -0.457 e. The van der Waals surface area contributed by atoms with Gasteiger partial charge >= 0.3 is 5.97 Å². The van der Waals surface area contributed by atoms with Crippen LogP contribution in [0.5, 0.6) is 0 Å². The third kappa shape index (κ3) is 39.5. The smallest absolute Gasteiger partial charge is 0.306 e. The summed E-state index contributed by atoms with van der Waals surface area (Å²) in [6.45, 7) is 5.38. The molecule has 0 spiro atoms. The molecule has 0 aliphatic carbocycles. The lowest BCUT2D eigenvalue weighted by Gasteiger charge is -2.16. The van der Waals surface area contributed by atoms with Crippen LogP contribution in [0, 0.1) is 0 Å². The molecule has 0 saturated carbocycles. The Hall–Kier alpha value is -0.870. The summed E-state index contributed by atoms with van der Waals surface area (Å²) in [4.78, 5) is 12.2. The number of carbonyl (C=O) groups excluding carboxylic acids is 1. The van der Waals surface area contributed by atoms with Crippen molar-refractivity contribution >= 4 is 5.97 Å². The van der Waals surface area contributed by atoms with Gasteiger partial charge in [0.25, 0.3) is 0 Å². The molecule has 0 amide bonds. The summed E-state index contributed by atoms with van der Waals surface area (Å²) in [6, 6.07) is 0. The summed E-state index contributed by atoms with van der Waals surface area (Å²) in [6.07, 6.45) is 48.4. The van der Waals surface area contributed by atoms with Crippen LogP contribution in [0.15, 0.2) is 12.2 Å². The van der Waals surface area contributed by atoms with Crippen LogP contribution < -0.4 is 0 Å². The van der Waals surface area contributed by atoms with Crippen molar-refractivity contribution < 1.29 is 19.4 Å². The molecule has 1 atom stereocenters. The Balaban J connectivity index is 3.37. The number of ether oxygens (including phenoxy) is 2. The molecule has 47 heavy (non-hydrogen) atoms. The average molecular weight is 665 g/mol. The van der Waals surface area contributed by atoms with Crippen LogP contribution in [0.3, 0.4) is 0 Å². The fourth-order valence-corrected chi connectivity index (χ4v) is 6.38. The van der Waals surface area contributed by atoms with Gasteiger partial charge in [0.2, 0.25) is 0 Å². The number of aliphatic hydroxyl groups is 1. The van der Waals surface area contributed by atoms with Crippen molar-refractivity contribution in [1.29, 1.82) is 0 Å². The Labute approximate surface area is 295 Å². The lowest BCUT2D eigenvalue weighted by molar-refractivity contribution is -0.154. The normalized spacial score (nSPS) is 12.3. The van der Waals surface area contributed by atoms with E-state index in [-0.39, 0.29) is 12.6 Å². The highest BCUT2D eigenvalue weighted by atomic mass is 16.6. The molecule has 0 saturated heterocycles. The number of unbranched alkanes of at least 4 members (excludes halogenated alkanes) is 30. The average Bonchev–Trinajstić information content (AvgIpc) is 3.08. The first-order valence-electron chi connectivity index (χ1n) is 21.3. The van der Waals surface area contributed by atoms with Crippen molar-refractivity contribution in [2.75, 3.05) is 19.8 Å². The topological polar surface area (TPSA) is 55.8 Å². The molecule has 0 heterocycles. The molecule has 0 aromatic carbocycles. The van der Waals surface area contributed by atoms with E-state index in [1.165, 1.54) is 193 Å². The maximum atomic E-state index is 12.2. The van der Waals surface area contributed by atoms with Crippen LogP contribution in [0.1, 0.15) is 232 Å². The molecular weight excluding hydrogens is 580 g/mol. The van der Waals surface area contributed by atoms with E-state index in [0.29, 0.717) is 19.6 Å². The second-order valence-electron chi connectivity index (χ2n) is 14.4. The highest BCUT2D eigenvalue weighted by molar-refractivity contribution is 5.69. The van der Waals surface area contributed by atoms with Gasteiger partial charge < -0.3 is 14.6 Å². The summed E-state index contributed by atoms with van der Waals surface area (Å²) in [7, 11) is 0. The SMILES string of the molecule is CCCCCCCCCC/C=C\CCCCCCCCCCCCCC(=O)OC(CO)COCCCCCCCCCCCCCC. The first-order valence-corrected chi connectivity index (χ1v) is 21.3. The first kappa shape index (κ1) is 46.1. The summed E-state index contributed by atoms with van der Waals surface area (Å²) >= 11 is 0. The molecule has 0 aliphatic rings. The van der Waals surface area contributed by atoms with Gasteiger partial charge in [-0.3, -0.25) is 4.79 Å². The van der Waals surface area contributed by atoms with Gasteiger partial charge in [0.05, 0.1) is 13.2 Å². The third-order valence-corrected chi connectivity index (χ3v) is 9.59. The molecule has 4 heteroatoms. The van der Waals surface area contributed by atoms with E-state index in [4.69, 9.17) is 9.47 Å². The fraction of sp³-hybridized carbons (Fsp3) is 0.930. The zero-order chi connectivity index (χ0) is 34.1. The van der Waals surface area contributed by atoms with Crippen LogP contribution in [-0.2, 0) is 14.3 Å². The second-order valence-corrected chi connectivity index (χ2v) is 14.4. The molecule has 0 aromatic heterocycles. The Morgan fingerprint density at radius 3 is 1.21 bits per heavy atom. The largest absolute Gasteiger partial charge is 0.457 e. The number of allylic oxidation sites excluding steroid dienone is 2. The highest BCUT2D eigenvalue weighted by Gasteiger charge is 2.13. The molecule has 0 radical (unpaired) electrons. The van der Waals surface area contributed by atoms with E-state index in [1.54, 1.807) is 0 Å². The lowest BCUT2D eigenvalue weighted by atomic mass is 10.0. The van der Waals surface area contributed by atoms with Gasteiger partial charge in [-0.05, 0) is 38.5 Å². The minimum absolute atomic E-state index is 0.166. The van der Waals surface area contributed by atoms with Gasteiger partial charge in [0, 0.05) is 13.0 Å². The Bertz CT molecular complexity index is 619. The molecule has 280 valence electrons. The first-order chi connectivity index (χ1) is 23.2. The molecule has 0 fully saturated rings. The number of rotatable bonds is 40.